The number of phenolic OH excluding ortho intramolecular Hbond substituents is 1. The van der Waals surface area contributed by atoms with Gasteiger partial charge < -0.3 is 9.84 Å². The van der Waals surface area contributed by atoms with E-state index < -0.39 is 40.7 Å². The number of benzene rings is 1. The molecule has 0 unspecified atom stereocenters. The van der Waals surface area contributed by atoms with Crippen molar-refractivity contribution in [3.8, 4) is 17.4 Å². The molecule has 1 N–H and O–H groups in total. The molecule has 0 spiro atoms. The molecule has 0 aliphatic carbocycles. The number of hydrogen-bond acceptors (Lipinski definition) is 4. The van der Waals surface area contributed by atoms with E-state index >= 15 is 0 Å². The summed E-state index contributed by atoms with van der Waals surface area (Å²) >= 11 is 5.55. The van der Waals surface area contributed by atoms with Crippen LogP contribution in [0.3, 0.4) is 0 Å². The fourth-order valence-electron chi connectivity index (χ4n) is 1.82. The van der Waals surface area contributed by atoms with Crippen LogP contribution in [-0.2, 0) is 6.18 Å². The second-order valence-corrected chi connectivity index (χ2v) is 5.11. The van der Waals surface area contributed by atoms with Crippen LogP contribution in [0.5, 0.6) is 11.8 Å². The van der Waals surface area contributed by atoms with Crippen molar-refractivity contribution in [2.75, 3.05) is 6.61 Å². The summed E-state index contributed by atoms with van der Waals surface area (Å²) in [6.07, 6.45) is -4.45. The maximum atomic E-state index is 14.1. The lowest BCUT2D eigenvalue weighted by atomic mass is 10.2. The molecule has 1 aromatic heterocycles. The zero-order valence-electron chi connectivity index (χ0n) is 12.2. The molecule has 130 valence electrons. The summed E-state index contributed by atoms with van der Waals surface area (Å²) in [5.41, 5.74) is -3.22. The normalized spacial score (nSPS) is 11.6. The van der Waals surface area contributed by atoms with Gasteiger partial charge in [-0.1, -0.05) is 18.5 Å². The summed E-state index contributed by atoms with van der Waals surface area (Å²) in [6, 6.07) is 0.994. The first-order valence-electron chi connectivity index (χ1n) is 6.67. The Hall–Kier alpha value is -2.29. The lowest BCUT2D eigenvalue weighted by Crippen LogP contribution is -2.26. The van der Waals surface area contributed by atoms with Crippen molar-refractivity contribution in [3.05, 3.63) is 45.1 Å². The van der Waals surface area contributed by atoms with E-state index in [-0.39, 0.29) is 17.7 Å². The summed E-state index contributed by atoms with van der Waals surface area (Å²) in [5, 5.41) is 9.25. The summed E-state index contributed by atoms with van der Waals surface area (Å²) in [6.45, 7) is 1.64. The predicted octanol–water partition coefficient (Wildman–Crippen LogP) is 3.54. The quantitative estimate of drug-likeness (QED) is 0.841. The molecule has 0 radical (unpaired) electrons. The topological polar surface area (TPSA) is 64.3 Å². The van der Waals surface area contributed by atoms with Gasteiger partial charge in [-0.05, 0) is 12.5 Å². The molecule has 0 aliphatic heterocycles. The van der Waals surface area contributed by atoms with Crippen molar-refractivity contribution in [2.24, 2.45) is 0 Å². The monoisotopic (exact) mass is 366 g/mol. The number of halogens is 5. The van der Waals surface area contributed by atoms with Gasteiger partial charge in [0.1, 0.15) is 11.6 Å². The van der Waals surface area contributed by atoms with E-state index in [4.69, 9.17) is 16.3 Å². The molecule has 0 aliphatic rings. The Morgan fingerprint density at radius 2 is 2.00 bits per heavy atom. The number of aromatic nitrogens is 2. The number of phenols is 1. The van der Waals surface area contributed by atoms with Gasteiger partial charge in [0, 0.05) is 12.1 Å². The number of ether oxygens (including phenoxy) is 1. The second kappa shape index (κ2) is 6.68. The van der Waals surface area contributed by atoms with Crippen LogP contribution in [0, 0.1) is 5.82 Å². The lowest BCUT2D eigenvalue weighted by molar-refractivity contribution is -0.141. The fraction of sp³-hybridized carbons (Fsp3) is 0.286. The van der Waals surface area contributed by atoms with E-state index in [2.05, 4.69) is 4.98 Å². The minimum Gasteiger partial charge on any atom is -0.506 e. The fourth-order valence-corrected chi connectivity index (χ4v) is 1.97. The minimum absolute atomic E-state index is 0.0467. The minimum atomic E-state index is -4.87. The van der Waals surface area contributed by atoms with Gasteiger partial charge in [-0.25, -0.2) is 8.96 Å². The third kappa shape index (κ3) is 3.61. The molecule has 0 amide bonds. The van der Waals surface area contributed by atoms with Crippen LogP contribution in [0.2, 0.25) is 5.02 Å². The second-order valence-electron chi connectivity index (χ2n) is 4.70. The predicted molar refractivity (Wildman–Crippen MR) is 77.3 cm³/mol. The van der Waals surface area contributed by atoms with Gasteiger partial charge in [0.15, 0.2) is 5.69 Å². The average Bonchev–Trinajstić information content (AvgIpc) is 2.48. The number of aromatic hydroxyl groups is 1. The summed E-state index contributed by atoms with van der Waals surface area (Å²) < 4.78 is 58.0. The summed E-state index contributed by atoms with van der Waals surface area (Å²) in [5.74, 6) is -1.59. The van der Waals surface area contributed by atoms with Gasteiger partial charge in [0.05, 0.1) is 17.3 Å². The van der Waals surface area contributed by atoms with Crippen LogP contribution in [0.4, 0.5) is 17.6 Å². The highest BCUT2D eigenvalue weighted by molar-refractivity contribution is 6.32. The zero-order chi connectivity index (χ0) is 18.1. The van der Waals surface area contributed by atoms with Crippen LogP contribution in [0.25, 0.3) is 5.69 Å². The van der Waals surface area contributed by atoms with Gasteiger partial charge in [-0.2, -0.15) is 18.2 Å². The van der Waals surface area contributed by atoms with E-state index in [1.165, 1.54) is 0 Å². The highest BCUT2D eigenvalue weighted by Gasteiger charge is 2.35. The van der Waals surface area contributed by atoms with Crippen molar-refractivity contribution < 1.29 is 27.4 Å². The van der Waals surface area contributed by atoms with Crippen LogP contribution in [-0.4, -0.2) is 21.3 Å². The van der Waals surface area contributed by atoms with Crippen LogP contribution >= 0.6 is 11.6 Å². The largest absolute Gasteiger partial charge is 0.506 e. The molecule has 24 heavy (non-hydrogen) atoms. The van der Waals surface area contributed by atoms with Crippen molar-refractivity contribution >= 4 is 11.6 Å². The highest BCUT2D eigenvalue weighted by atomic mass is 35.5. The first-order valence-corrected chi connectivity index (χ1v) is 7.05. The molecule has 2 aromatic rings. The number of rotatable bonds is 4. The van der Waals surface area contributed by atoms with Crippen LogP contribution in [0.15, 0.2) is 23.0 Å². The van der Waals surface area contributed by atoms with Gasteiger partial charge in [0.2, 0.25) is 0 Å². The molecule has 0 saturated heterocycles. The first kappa shape index (κ1) is 18.1. The molecule has 0 fully saturated rings. The highest BCUT2D eigenvalue weighted by Crippen LogP contribution is 2.31. The Labute approximate surface area is 138 Å². The summed E-state index contributed by atoms with van der Waals surface area (Å²) in [7, 11) is 0. The lowest BCUT2D eigenvalue weighted by Gasteiger charge is -2.15. The smallest absolute Gasteiger partial charge is 0.433 e. The molecular formula is C14H11ClF4N2O3. The summed E-state index contributed by atoms with van der Waals surface area (Å²) in [4.78, 5) is 15.3. The maximum absolute atomic E-state index is 14.1. The molecule has 0 saturated carbocycles. The third-order valence-corrected chi connectivity index (χ3v) is 3.17. The van der Waals surface area contributed by atoms with E-state index in [1.807, 2.05) is 0 Å². The Morgan fingerprint density at radius 3 is 2.58 bits per heavy atom. The van der Waals surface area contributed by atoms with Gasteiger partial charge >= 0.3 is 12.2 Å². The molecule has 2 rings (SSSR count). The molecule has 1 aromatic carbocycles. The molecule has 0 bridgehead atoms. The Morgan fingerprint density at radius 1 is 1.33 bits per heavy atom. The van der Waals surface area contributed by atoms with E-state index in [0.29, 0.717) is 11.0 Å². The maximum Gasteiger partial charge on any atom is 0.433 e. The Kier molecular flexibility index (Phi) is 5.02. The standard InChI is InChI=1S/C14H11ClF4N2O3/c1-2-3-24-13-20-11(14(17,18)19)6-12(23)21(13)9-5-10(22)7(15)4-8(9)16/h4-6,22H,2-3H2,1H3. The van der Waals surface area contributed by atoms with E-state index in [0.717, 1.165) is 12.1 Å². The zero-order valence-corrected chi connectivity index (χ0v) is 13.0. The van der Waals surface area contributed by atoms with Crippen molar-refractivity contribution in [1.82, 2.24) is 9.55 Å². The molecule has 1 heterocycles. The van der Waals surface area contributed by atoms with Gasteiger partial charge in [-0.15, -0.1) is 0 Å². The molecule has 10 heteroatoms. The first-order chi connectivity index (χ1) is 11.1. The van der Waals surface area contributed by atoms with E-state index in [9.17, 15) is 27.5 Å². The van der Waals surface area contributed by atoms with Crippen molar-refractivity contribution in [2.45, 2.75) is 19.5 Å². The SMILES string of the molecule is CCCOc1nc(C(F)(F)F)cc(=O)n1-c1cc(O)c(Cl)cc1F. The van der Waals surface area contributed by atoms with Crippen molar-refractivity contribution in [1.29, 1.82) is 0 Å². The van der Waals surface area contributed by atoms with Crippen LogP contribution < -0.4 is 10.3 Å². The number of nitrogens with zero attached hydrogens (tertiary/aromatic N) is 2. The number of hydrogen-bond donors (Lipinski definition) is 1. The third-order valence-electron chi connectivity index (χ3n) is 2.87. The Balaban J connectivity index is 2.73. The van der Waals surface area contributed by atoms with E-state index in [1.54, 1.807) is 6.92 Å². The Bertz CT molecular complexity index is 821. The molecule has 5 nitrogen and oxygen atoms in total. The van der Waals surface area contributed by atoms with Gasteiger partial charge in [-0.3, -0.25) is 4.79 Å². The number of alkyl halides is 3. The average molecular weight is 367 g/mol. The molecular weight excluding hydrogens is 356 g/mol. The van der Waals surface area contributed by atoms with Crippen LogP contribution in [0.1, 0.15) is 19.0 Å². The molecule has 0 atom stereocenters. The van der Waals surface area contributed by atoms with Crippen molar-refractivity contribution in [3.63, 3.8) is 0 Å². The van der Waals surface area contributed by atoms with Gasteiger partial charge in [0.25, 0.3) is 5.56 Å².